The minimum absolute atomic E-state index is 0.0654. The van der Waals surface area contributed by atoms with Gasteiger partial charge in [-0.2, -0.15) is 5.10 Å². The van der Waals surface area contributed by atoms with Gasteiger partial charge in [0.1, 0.15) is 5.82 Å². The van der Waals surface area contributed by atoms with Crippen molar-refractivity contribution in [3.63, 3.8) is 0 Å². The third-order valence-electron chi connectivity index (χ3n) is 5.11. The summed E-state index contributed by atoms with van der Waals surface area (Å²) in [4.78, 5) is 12.1. The summed E-state index contributed by atoms with van der Waals surface area (Å²) in [5.74, 6) is 0.664. The molecule has 4 rings (SSSR count). The van der Waals surface area contributed by atoms with Crippen LogP contribution in [0.1, 0.15) is 17.0 Å². The zero-order chi connectivity index (χ0) is 23.5. The number of aromatic nitrogens is 4. The minimum Gasteiger partial charge on any atom is -0.339 e. The molecule has 0 saturated heterocycles. The second kappa shape index (κ2) is 9.25. The standard InChI is InChI=1S/C23H21ClFN7O/c1-13-14(2)31-32(15(13)3)22-11-10-21(29-30-22)26-16-4-6-17(7-5-16)27-23(33)28-18-8-9-20(25)19(24)12-18/h4-12H,1-3H3,(H,26,29)(H2,27,28,33). The predicted octanol–water partition coefficient (Wildman–Crippen LogP) is 5.77. The first kappa shape index (κ1) is 22.2. The van der Waals surface area contributed by atoms with Gasteiger partial charge in [0.05, 0.1) is 10.7 Å². The Morgan fingerprint density at radius 2 is 1.58 bits per heavy atom. The highest BCUT2D eigenvalue weighted by atomic mass is 35.5. The quantitative estimate of drug-likeness (QED) is 0.348. The van der Waals surface area contributed by atoms with Crippen molar-refractivity contribution in [3.8, 4) is 5.82 Å². The fourth-order valence-electron chi connectivity index (χ4n) is 3.10. The normalized spacial score (nSPS) is 10.7. The van der Waals surface area contributed by atoms with Crippen LogP contribution in [0.25, 0.3) is 5.82 Å². The Balaban J connectivity index is 1.36. The molecule has 3 N–H and O–H groups in total. The van der Waals surface area contributed by atoms with E-state index in [0.29, 0.717) is 23.0 Å². The highest BCUT2D eigenvalue weighted by Crippen LogP contribution is 2.21. The molecular formula is C23H21ClFN7O. The van der Waals surface area contributed by atoms with Gasteiger partial charge in [-0.3, -0.25) is 0 Å². The zero-order valence-electron chi connectivity index (χ0n) is 18.1. The highest BCUT2D eigenvalue weighted by molar-refractivity contribution is 6.31. The van der Waals surface area contributed by atoms with Gasteiger partial charge in [0, 0.05) is 22.8 Å². The number of anilines is 4. The summed E-state index contributed by atoms with van der Waals surface area (Å²) in [6, 6.07) is 14.2. The van der Waals surface area contributed by atoms with E-state index in [1.54, 1.807) is 28.9 Å². The molecule has 2 amide bonds. The fourth-order valence-corrected chi connectivity index (χ4v) is 3.28. The van der Waals surface area contributed by atoms with Crippen molar-refractivity contribution in [3.05, 3.63) is 82.4 Å². The molecule has 0 atom stereocenters. The van der Waals surface area contributed by atoms with Gasteiger partial charge in [0.15, 0.2) is 11.6 Å². The molecule has 0 bridgehead atoms. The van der Waals surface area contributed by atoms with E-state index >= 15 is 0 Å². The third kappa shape index (κ3) is 5.09. The van der Waals surface area contributed by atoms with Gasteiger partial charge in [-0.05, 0) is 80.9 Å². The van der Waals surface area contributed by atoms with Crippen LogP contribution in [0.4, 0.5) is 32.1 Å². The highest BCUT2D eigenvalue weighted by Gasteiger charge is 2.11. The molecule has 8 nitrogen and oxygen atoms in total. The van der Waals surface area contributed by atoms with Crippen LogP contribution in [0.5, 0.6) is 0 Å². The summed E-state index contributed by atoms with van der Waals surface area (Å²) < 4.78 is 15.0. The number of urea groups is 1. The SMILES string of the molecule is Cc1nn(-c2ccc(Nc3ccc(NC(=O)Nc4ccc(F)c(Cl)c4)cc3)nn2)c(C)c1C. The molecular weight excluding hydrogens is 445 g/mol. The summed E-state index contributed by atoms with van der Waals surface area (Å²) in [6.45, 7) is 5.98. The van der Waals surface area contributed by atoms with E-state index < -0.39 is 11.8 Å². The molecule has 4 aromatic rings. The van der Waals surface area contributed by atoms with Crippen molar-refractivity contribution in [2.24, 2.45) is 0 Å². The first-order valence-electron chi connectivity index (χ1n) is 10.1. The Hall–Kier alpha value is -3.98. The number of carbonyl (C=O) groups is 1. The van der Waals surface area contributed by atoms with Crippen LogP contribution in [0.3, 0.4) is 0 Å². The van der Waals surface area contributed by atoms with Crippen LogP contribution in [-0.4, -0.2) is 26.0 Å². The number of rotatable bonds is 5. The van der Waals surface area contributed by atoms with Crippen molar-refractivity contribution in [1.29, 1.82) is 0 Å². The average Bonchev–Trinajstić information content (AvgIpc) is 3.05. The first-order chi connectivity index (χ1) is 15.8. The molecule has 2 aromatic heterocycles. The van der Waals surface area contributed by atoms with Gasteiger partial charge in [-0.25, -0.2) is 13.9 Å². The van der Waals surface area contributed by atoms with Gasteiger partial charge < -0.3 is 16.0 Å². The van der Waals surface area contributed by atoms with E-state index in [2.05, 4.69) is 31.2 Å². The molecule has 0 aliphatic heterocycles. The fraction of sp³-hybridized carbons (Fsp3) is 0.130. The molecule has 10 heteroatoms. The van der Waals surface area contributed by atoms with Gasteiger partial charge >= 0.3 is 6.03 Å². The predicted molar refractivity (Wildman–Crippen MR) is 127 cm³/mol. The molecule has 0 saturated carbocycles. The second-order valence-electron chi connectivity index (χ2n) is 7.39. The van der Waals surface area contributed by atoms with E-state index in [1.807, 2.05) is 32.9 Å². The van der Waals surface area contributed by atoms with Gasteiger partial charge in [0.2, 0.25) is 0 Å². The number of amides is 2. The Morgan fingerprint density at radius 1 is 0.909 bits per heavy atom. The number of nitrogens with one attached hydrogen (secondary N) is 3. The van der Waals surface area contributed by atoms with Crippen LogP contribution in [0.2, 0.25) is 5.02 Å². The first-order valence-corrected chi connectivity index (χ1v) is 10.4. The third-order valence-corrected chi connectivity index (χ3v) is 5.40. The Labute approximate surface area is 194 Å². The number of hydrogen-bond donors (Lipinski definition) is 3. The molecule has 33 heavy (non-hydrogen) atoms. The van der Waals surface area contributed by atoms with E-state index in [4.69, 9.17) is 11.6 Å². The van der Waals surface area contributed by atoms with Crippen molar-refractivity contribution in [2.75, 3.05) is 16.0 Å². The van der Waals surface area contributed by atoms with Crippen molar-refractivity contribution in [1.82, 2.24) is 20.0 Å². The van der Waals surface area contributed by atoms with Gasteiger partial charge in [-0.1, -0.05) is 11.6 Å². The minimum atomic E-state index is -0.549. The lowest BCUT2D eigenvalue weighted by Crippen LogP contribution is -2.19. The van der Waals surface area contributed by atoms with Crippen molar-refractivity contribution < 1.29 is 9.18 Å². The topological polar surface area (TPSA) is 96.8 Å². The van der Waals surface area contributed by atoms with Crippen LogP contribution in [0.15, 0.2) is 54.6 Å². The number of benzene rings is 2. The largest absolute Gasteiger partial charge is 0.339 e. The summed E-state index contributed by atoms with van der Waals surface area (Å²) in [5.41, 5.74) is 4.85. The average molecular weight is 466 g/mol. The number of halogens is 2. The summed E-state index contributed by atoms with van der Waals surface area (Å²) in [5, 5.41) is 21.4. The molecule has 2 heterocycles. The van der Waals surface area contributed by atoms with Crippen LogP contribution in [-0.2, 0) is 0 Å². The van der Waals surface area contributed by atoms with Gasteiger partial charge in [-0.15, -0.1) is 10.2 Å². The van der Waals surface area contributed by atoms with Crippen LogP contribution < -0.4 is 16.0 Å². The molecule has 0 spiro atoms. The summed E-state index contributed by atoms with van der Waals surface area (Å²) >= 11 is 5.73. The molecule has 0 unspecified atom stereocenters. The Kier molecular flexibility index (Phi) is 6.23. The van der Waals surface area contributed by atoms with E-state index in [9.17, 15) is 9.18 Å². The van der Waals surface area contributed by atoms with Crippen molar-refractivity contribution in [2.45, 2.75) is 20.8 Å². The van der Waals surface area contributed by atoms with Gasteiger partial charge in [0.25, 0.3) is 0 Å². The monoisotopic (exact) mass is 465 g/mol. The lowest BCUT2D eigenvalue weighted by atomic mass is 10.2. The number of hydrogen-bond acceptors (Lipinski definition) is 5. The molecule has 0 aliphatic carbocycles. The number of aryl methyl sites for hydroxylation is 1. The van der Waals surface area contributed by atoms with E-state index in [0.717, 1.165) is 22.6 Å². The molecule has 2 aromatic carbocycles. The summed E-state index contributed by atoms with van der Waals surface area (Å²) in [7, 11) is 0. The molecule has 0 radical (unpaired) electrons. The number of nitrogens with zero attached hydrogens (tertiary/aromatic N) is 4. The van der Waals surface area contributed by atoms with Crippen molar-refractivity contribution >= 4 is 40.5 Å². The van der Waals surface area contributed by atoms with E-state index in [1.165, 1.54) is 18.2 Å². The number of carbonyl (C=O) groups excluding carboxylic acids is 1. The Bertz CT molecular complexity index is 1300. The van der Waals surface area contributed by atoms with E-state index in [-0.39, 0.29) is 5.02 Å². The zero-order valence-corrected chi connectivity index (χ0v) is 18.9. The summed E-state index contributed by atoms with van der Waals surface area (Å²) in [6.07, 6.45) is 0. The molecule has 0 fully saturated rings. The maximum Gasteiger partial charge on any atom is 0.323 e. The molecule has 168 valence electrons. The smallest absolute Gasteiger partial charge is 0.323 e. The maximum absolute atomic E-state index is 13.2. The van der Waals surface area contributed by atoms with Crippen LogP contribution >= 0.6 is 11.6 Å². The lowest BCUT2D eigenvalue weighted by Gasteiger charge is -2.10. The second-order valence-corrected chi connectivity index (χ2v) is 7.80. The lowest BCUT2D eigenvalue weighted by molar-refractivity contribution is 0.262. The van der Waals surface area contributed by atoms with Crippen LogP contribution in [0, 0.1) is 26.6 Å². The Morgan fingerprint density at radius 3 is 2.18 bits per heavy atom. The maximum atomic E-state index is 13.2. The molecule has 0 aliphatic rings.